The molecule has 153 valence electrons. The summed E-state index contributed by atoms with van der Waals surface area (Å²) in [6.45, 7) is 12.9. The first-order valence-corrected chi connectivity index (χ1v) is 7.66. The molecule has 5 radical (unpaired) electrons. The molecule has 0 aliphatic heterocycles. The van der Waals surface area contributed by atoms with Gasteiger partial charge >= 0.3 is 21.7 Å². The molecule has 0 fully saturated rings. The van der Waals surface area contributed by atoms with Gasteiger partial charge in [0.1, 0.15) is 5.75 Å². The third kappa shape index (κ3) is 15.9. The van der Waals surface area contributed by atoms with Gasteiger partial charge in [0.25, 0.3) is 0 Å². The van der Waals surface area contributed by atoms with Gasteiger partial charge in [-0.3, -0.25) is 6.08 Å². The van der Waals surface area contributed by atoms with E-state index in [-0.39, 0.29) is 83.5 Å². The third-order valence-corrected chi connectivity index (χ3v) is 3.47. The Morgan fingerprint density at radius 1 is 0.926 bits per heavy atom. The molecule has 2 rings (SSSR count). The van der Waals surface area contributed by atoms with Crippen molar-refractivity contribution in [1.82, 2.24) is 0 Å². The SMILES string of the molecule is CC(C)(C)C1=[C-]CC=C1.CC(C)(C)c1cc(O)cc(Cl)c1.Cl.Cl.[CH3-].[CH3-].[Si].[Ti+3]. The Morgan fingerprint density at radius 3 is 1.67 bits per heavy atom. The van der Waals surface area contributed by atoms with Crippen LogP contribution in [0.4, 0.5) is 0 Å². The molecule has 0 spiro atoms. The quantitative estimate of drug-likeness (QED) is 0.300. The molecule has 0 amide bonds. The van der Waals surface area contributed by atoms with E-state index in [1.165, 1.54) is 11.6 Å². The van der Waals surface area contributed by atoms with Crippen molar-refractivity contribution < 1.29 is 26.8 Å². The van der Waals surface area contributed by atoms with Gasteiger partial charge in [0, 0.05) is 16.0 Å². The standard InChI is InChI=1S/C10H13ClO.C9H13.2CH3.2ClH.Si.Ti/c1-10(2,3)7-4-8(11)6-9(12)5-7;1-9(2,3)8-6-4-5-7-8;;;;;;/h4-6,12H,1-3H3;4,6H,5H2,1-3H3;2*1H3;2*1H;;/q;3*-1;;;;+3. The van der Waals surface area contributed by atoms with Crippen LogP contribution < -0.4 is 0 Å². The van der Waals surface area contributed by atoms with E-state index < -0.39 is 0 Å². The zero-order valence-corrected chi connectivity index (χ0v) is 22.7. The van der Waals surface area contributed by atoms with Crippen LogP contribution in [0, 0.1) is 26.3 Å². The second-order valence-corrected chi connectivity index (χ2v) is 7.83. The molecule has 1 N–H and O–H groups in total. The van der Waals surface area contributed by atoms with Gasteiger partial charge in [0.15, 0.2) is 0 Å². The van der Waals surface area contributed by atoms with Crippen LogP contribution in [0.2, 0.25) is 5.02 Å². The number of aromatic hydroxyl groups is 1. The van der Waals surface area contributed by atoms with E-state index in [0.29, 0.717) is 10.4 Å². The maximum atomic E-state index is 9.27. The molecule has 0 bridgehead atoms. The van der Waals surface area contributed by atoms with E-state index in [4.69, 9.17) is 11.6 Å². The maximum absolute atomic E-state index is 9.27. The van der Waals surface area contributed by atoms with Crippen molar-refractivity contribution in [1.29, 1.82) is 0 Å². The summed E-state index contributed by atoms with van der Waals surface area (Å²) in [5, 5.41) is 9.86. The van der Waals surface area contributed by atoms with Gasteiger partial charge in [-0.15, -0.1) is 31.2 Å². The molecule has 27 heavy (non-hydrogen) atoms. The minimum atomic E-state index is 0. The van der Waals surface area contributed by atoms with Gasteiger partial charge in [-0.05, 0) is 34.6 Å². The Hall–Kier alpha value is 0.301. The number of rotatable bonds is 0. The summed E-state index contributed by atoms with van der Waals surface area (Å²) in [5.41, 5.74) is 2.73. The largest absolute Gasteiger partial charge is 3.00 e. The topological polar surface area (TPSA) is 20.2 Å². The molecule has 0 saturated carbocycles. The van der Waals surface area contributed by atoms with Gasteiger partial charge < -0.3 is 20.0 Å². The van der Waals surface area contributed by atoms with E-state index in [9.17, 15) is 5.11 Å². The summed E-state index contributed by atoms with van der Waals surface area (Å²) < 4.78 is 0. The van der Waals surface area contributed by atoms with Gasteiger partial charge in [0.2, 0.25) is 0 Å². The van der Waals surface area contributed by atoms with Gasteiger partial charge in [-0.2, -0.15) is 6.08 Å². The third-order valence-electron chi connectivity index (χ3n) is 3.25. The zero-order chi connectivity index (χ0) is 16.3. The van der Waals surface area contributed by atoms with Crippen LogP contribution in [0.5, 0.6) is 5.75 Å². The van der Waals surface area contributed by atoms with Crippen LogP contribution >= 0.6 is 36.4 Å². The maximum Gasteiger partial charge on any atom is 3.00 e. The van der Waals surface area contributed by atoms with Crippen molar-refractivity contribution >= 4 is 47.4 Å². The van der Waals surface area contributed by atoms with Crippen LogP contribution in [-0.4, -0.2) is 16.1 Å². The first-order valence-electron chi connectivity index (χ1n) is 7.28. The molecule has 0 unspecified atom stereocenters. The minimum absolute atomic E-state index is 0. The second-order valence-electron chi connectivity index (χ2n) is 7.40. The normalized spacial score (nSPS) is 11.3. The molecule has 0 saturated heterocycles. The van der Waals surface area contributed by atoms with Crippen LogP contribution in [0.3, 0.4) is 0 Å². The smallest absolute Gasteiger partial charge is 0.508 e. The molecule has 1 aromatic rings. The van der Waals surface area contributed by atoms with E-state index in [2.05, 4.69) is 59.8 Å². The Morgan fingerprint density at radius 2 is 1.41 bits per heavy atom. The molecule has 1 nitrogen and oxygen atoms in total. The van der Waals surface area contributed by atoms with Crippen LogP contribution in [-0.2, 0) is 27.1 Å². The predicted molar refractivity (Wildman–Crippen MR) is 125 cm³/mol. The number of halogens is 3. The second kappa shape index (κ2) is 17.2. The van der Waals surface area contributed by atoms with E-state index in [0.717, 1.165) is 12.0 Å². The number of allylic oxidation sites excluding steroid dienone is 4. The molecular weight excluding hydrogens is 451 g/mol. The Labute approximate surface area is 205 Å². The Bertz CT molecular complexity index is 539. The summed E-state index contributed by atoms with van der Waals surface area (Å²) >= 11 is 5.80. The molecule has 1 aliphatic carbocycles. The van der Waals surface area contributed by atoms with E-state index in [1.54, 1.807) is 6.07 Å². The summed E-state index contributed by atoms with van der Waals surface area (Å²) in [5.74, 6) is 0.229. The molecule has 6 heteroatoms. The fraction of sp³-hybridized carbons (Fsp3) is 0.429. The Balaban J connectivity index is -0.0000000682. The van der Waals surface area contributed by atoms with Crippen LogP contribution in [0.25, 0.3) is 0 Å². The van der Waals surface area contributed by atoms with Gasteiger partial charge in [-0.1, -0.05) is 53.1 Å². The van der Waals surface area contributed by atoms with Crippen molar-refractivity contribution in [3.05, 3.63) is 67.4 Å². The Kier molecular flexibility index (Phi) is 26.5. The predicted octanol–water partition coefficient (Wildman–Crippen LogP) is 7.43. The molecule has 0 heterocycles. The molecule has 0 aromatic heterocycles. The van der Waals surface area contributed by atoms with Crippen molar-refractivity contribution in [2.75, 3.05) is 0 Å². The molecule has 0 atom stereocenters. The van der Waals surface area contributed by atoms with Crippen LogP contribution in [0.15, 0.2) is 35.9 Å². The monoisotopic (exact) mass is 483 g/mol. The van der Waals surface area contributed by atoms with Crippen molar-refractivity contribution in [2.45, 2.75) is 53.4 Å². The number of hydrogen-bond donors (Lipinski definition) is 1. The number of phenolic OH excluding ortho intramolecular Hbond substituents is 1. The summed E-state index contributed by atoms with van der Waals surface area (Å²) in [4.78, 5) is 0. The number of benzene rings is 1. The molecular formula is C21H34Cl3OSiTi. The fourth-order valence-electron chi connectivity index (χ4n) is 1.93. The number of hydrogen-bond acceptors (Lipinski definition) is 1. The summed E-state index contributed by atoms with van der Waals surface area (Å²) in [7, 11) is 0. The molecule has 1 aromatic carbocycles. The van der Waals surface area contributed by atoms with Crippen molar-refractivity contribution in [2.24, 2.45) is 5.41 Å². The van der Waals surface area contributed by atoms with Gasteiger partial charge in [0.05, 0.1) is 0 Å². The fourth-order valence-corrected chi connectivity index (χ4v) is 2.16. The molecule has 1 aliphatic rings. The summed E-state index contributed by atoms with van der Waals surface area (Å²) in [6, 6.07) is 5.16. The minimum Gasteiger partial charge on any atom is -0.508 e. The van der Waals surface area contributed by atoms with Crippen molar-refractivity contribution in [3.63, 3.8) is 0 Å². The average Bonchev–Trinajstić information content (AvgIpc) is 2.79. The number of phenols is 1. The van der Waals surface area contributed by atoms with Crippen molar-refractivity contribution in [3.8, 4) is 5.75 Å². The average molecular weight is 485 g/mol. The first-order chi connectivity index (χ1) is 9.50. The van der Waals surface area contributed by atoms with Gasteiger partial charge in [-0.25, -0.2) is 11.6 Å². The van der Waals surface area contributed by atoms with E-state index in [1.807, 2.05) is 6.07 Å². The zero-order valence-electron chi connectivity index (χ0n) is 17.7. The first kappa shape index (κ1) is 41.6. The summed E-state index contributed by atoms with van der Waals surface area (Å²) in [6.07, 6.45) is 8.63. The van der Waals surface area contributed by atoms with Crippen LogP contribution in [0.1, 0.15) is 53.5 Å². The van der Waals surface area contributed by atoms with E-state index >= 15 is 0 Å².